The molecule has 0 aromatic rings. The maximum Gasteiger partial charge on any atom is 0.305 e. The summed E-state index contributed by atoms with van der Waals surface area (Å²) >= 11 is 0. The lowest BCUT2D eigenvalue weighted by molar-refractivity contribution is -0.143. The van der Waals surface area contributed by atoms with Crippen LogP contribution in [0.1, 0.15) is 335 Å². The van der Waals surface area contributed by atoms with E-state index in [-0.39, 0.29) is 18.5 Å². The fraction of sp³-hybridized carbons (Fsp3) is 0.875. The maximum atomic E-state index is 12.5. The summed E-state index contributed by atoms with van der Waals surface area (Å²) in [6.45, 7) is 4.88. The van der Waals surface area contributed by atoms with E-state index in [1.54, 1.807) is 6.08 Å². The lowest BCUT2D eigenvalue weighted by Crippen LogP contribution is -2.45. The zero-order valence-corrected chi connectivity index (χ0v) is 47.0. The Labute approximate surface area is 436 Å². The van der Waals surface area contributed by atoms with Crippen molar-refractivity contribution in [1.29, 1.82) is 0 Å². The van der Waals surface area contributed by atoms with Crippen molar-refractivity contribution in [3.8, 4) is 0 Å². The van der Waals surface area contributed by atoms with E-state index in [0.717, 1.165) is 51.4 Å². The van der Waals surface area contributed by atoms with Crippen LogP contribution in [0.5, 0.6) is 0 Å². The predicted octanol–water partition coefficient (Wildman–Crippen LogP) is 19.6. The first-order valence-corrected chi connectivity index (χ1v) is 31.3. The molecular weight excluding hydrogens is 863 g/mol. The minimum Gasteiger partial charge on any atom is -0.466 e. The summed E-state index contributed by atoms with van der Waals surface area (Å²) in [5.41, 5.74) is 0. The van der Waals surface area contributed by atoms with E-state index in [4.69, 9.17) is 4.74 Å². The fourth-order valence-corrected chi connectivity index (χ4v) is 9.61. The van der Waals surface area contributed by atoms with Gasteiger partial charge in [-0.15, -0.1) is 0 Å². The molecule has 1 amide bonds. The van der Waals surface area contributed by atoms with Crippen molar-refractivity contribution in [2.24, 2.45) is 0 Å². The van der Waals surface area contributed by atoms with Crippen LogP contribution in [0.4, 0.5) is 0 Å². The van der Waals surface area contributed by atoms with Crippen molar-refractivity contribution in [2.75, 3.05) is 13.2 Å². The van der Waals surface area contributed by atoms with Gasteiger partial charge < -0.3 is 20.3 Å². The van der Waals surface area contributed by atoms with Crippen LogP contribution in [0, 0.1) is 0 Å². The number of unbranched alkanes of at least 4 members (excludes halogenated alkanes) is 43. The Bertz CT molecular complexity index is 1130. The van der Waals surface area contributed by atoms with Gasteiger partial charge in [-0.25, -0.2) is 0 Å². The number of rotatable bonds is 58. The molecule has 2 unspecified atom stereocenters. The molecule has 3 N–H and O–H groups in total. The summed E-state index contributed by atoms with van der Waals surface area (Å²) in [6.07, 6.45) is 74.7. The summed E-state index contributed by atoms with van der Waals surface area (Å²) in [5.74, 6) is -0.0665. The molecule has 0 radical (unpaired) electrons. The summed E-state index contributed by atoms with van der Waals surface area (Å²) in [7, 11) is 0. The van der Waals surface area contributed by atoms with Gasteiger partial charge in [-0.05, 0) is 64.2 Å². The lowest BCUT2D eigenvalue weighted by atomic mass is 10.0. The SMILES string of the molecule is CCCCC/C=C\C/C=C\CCCCCCCC(=O)OCCCCCCCCCCCCCCCCCCCCCCCCCC(=O)NC(CO)C(O)/C=C/CCCCCCCCCCCCCCC. The molecule has 0 aliphatic carbocycles. The highest BCUT2D eigenvalue weighted by Gasteiger charge is 2.18. The van der Waals surface area contributed by atoms with Gasteiger partial charge in [0.25, 0.3) is 0 Å². The lowest BCUT2D eigenvalue weighted by Gasteiger charge is -2.20. The molecule has 0 rings (SSSR count). The number of aliphatic hydroxyl groups excluding tert-OH is 2. The highest BCUT2D eigenvalue weighted by Crippen LogP contribution is 2.17. The molecule has 0 fully saturated rings. The van der Waals surface area contributed by atoms with Crippen LogP contribution < -0.4 is 5.32 Å². The summed E-state index contributed by atoms with van der Waals surface area (Å²) in [6, 6.07) is -0.627. The highest BCUT2D eigenvalue weighted by atomic mass is 16.5. The second-order valence-corrected chi connectivity index (χ2v) is 21.4. The maximum absolute atomic E-state index is 12.5. The summed E-state index contributed by atoms with van der Waals surface area (Å²) < 4.78 is 5.48. The number of amides is 1. The second kappa shape index (κ2) is 59.6. The number of aliphatic hydroxyl groups is 2. The van der Waals surface area contributed by atoms with E-state index in [1.807, 2.05) is 6.08 Å². The standard InChI is InChI=1S/C64H121NO5/c1-3-5-7-9-11-13-15-17-28-32-36-40-44-48-52-56-62(67)61(60-66)65-63(68)57-53-49-45-41-37-33-30-26-24-22-20-19-21-23-25-27-31-35-39-43-47-51-55-59-70-64(69)58-54-50-46-42-38-34-29-18-16-14-12-10-8-6-4-2/h12,14,18,29,52,56,61-62,66-67H,3-11,13,15-17,19-28,30-51,53-55,57-60H2,1-2H3,(H,65,68)/b14-12-,29-18-,56-52+. The van der Waals surface area contributed by atoms with Gasteiger partial charge in [0.1, 0.15) is 0 Å². The van der Waals surface area contributed by atoms with Crippen molar-refractivity contribution in [3.05, 3.63) is 36.5 Å². The zero-order valence-electron chi connectivity index (χ0n) is 47.0. The van der Waals surface area contributed by atoms with Crippen molar-refractivity contribution >= 4 is 11.9 Å². The van der Waals surface area contributed by atoms with Gasteiger partial charge in [0.05, 0.1) is 25.4 Å². The first kappa shape index (κ1) is 68.1. The van der Waals surface area contributed by atoms with Gasteiger partial charge in [0, 0.05) is 12.8 Å². The van der Waals surface area contributed by atoms with Crippen LogP contribution in [-0.4, -0.2) is 47.4 Å². The first-order chi connectivity index (χ1) is 34.5. The van der Waals surface area contributed by atoms with E-state index in [2.05, 4.69) is 43.5 Å². The molecular formula is C64H121NO5. The van der Waals surface area contributed by atoms with Gasteiger partial charge in [0.15, 0.2) is 0 Å². The van der Waals surface area contributed by atoms with Crippen LogP contribution in [0.3, 0.4) is 0 Å². The Kier molecular flexibility index (Phi) is 58.0. The predicted molar refractivity (Wildman–Crippen MR) is 306 cm³/mol. The number of allylic oxidation sites excluding steroid dienone is 5. The van der Waals surface area contributed by atoms with Crippen molar-refractivity contribution < 1.29 is 24.5 Å². The van der Waals surface area contributed by atoms with E-state index in [0.29, 0.717) is 19.4 Å². The number of hydrogen-bond acceptors (Lipinski definition) is 5. The molecule has 412 valence electrons. The summed E-state index contributed by atoms with van der Waals surface area (Å²) in [5, 5.41) is 23.1. The van der Waals surface area contributed by atoms with Crippen LogP contribution in [0.25, 0.3) is 0 Å². The summed E-state index contributed by atoms with van der Waals surface area (Å²) in [4.78, 5) is 24.5. The van der Waals surface area contributed by atoms with E-state index < -0.39 is 12.1 Å². The molecule has 0 aliphatic heterocycles. The molecule has 0 bridgehead atoms. The molecule has 0 saturated heterocycles. The molecule has 6 heteroatoms. The largest absolute Gasteiger partial charge is 0.466 e. The Morgan fingerprint density at radius 1 is 0.400 bits per heavy atom. The Hall–Kier alpha value is -1.92. The zero-order chi connectivity index (χ0) is 50.7. The van der Waals surface area contributed by atoms with Gasteiger partial charge in [-0.1, -0.05) is 294 Å². The third-order valence-corrected chi connectivity index (χ3v) is 14.4. The molecule has 0 saturated carbocycles. The molecule has 0 spiro atoms. The molecule has 0 aromatic heterocycles. The smallest absolute Gasteiger partial charge is 0.305 e. The van der Waals surface area contributed by atoms with Crippen LogP contribution in [0.2, 0.25) is 0 Å². The van der Waals surface area contributed by atoms with Crippen LogP contribution >= 0.6 is 0 Å². The number of hydrogen-bond donors (Lipinski definition) is 3. The molecule has 6 nitrogen and oxygen atoms in total. The van der Waals surface area contributed by atoms with Crippen molar-refractivity contribution in [1.82, 2.24) is 5.32 Å². The number of carbonyl (C=O) groups excluding carboxylic acids is 2. The van der Waals surface area contributed by atoms with Gasteiger partial charge in [-0.2, -0.15) is 0 Å². The number of ether oxygens (including phenoxy) is 1. The topological polar surface area (TPSA) is 95.9 Å². The molecule has 2 atom stereocenters. The average molecular weight is 985 g/mol. The Morgan fingerprint density at radius 2 is 0.714 bits per heavy atom. The third kappa shape index (κ3) is 55.4. The normalized spacial score (nSPS) is 12.8. The molecule has 0 aromatic carbocycles. The van der Waals surface area contributed by atoms with Crippen LogP contribution in [-0.2, 0) is 14.3 Å². The van der Waals surface area contributed by atoms with Crippen molar-refractivity contribution in [3.63, 3.8) is 0 Å². The van der Waals surface area contributed by atoms with E-state index in [9.17, 15) is 19.8 Å². The molecule has 0 heterocycles. The minimum atomic E-state index is -0.844. The van der Waals surface area contributed by atoms with Gasteiger partial charge in [-0.3, -0.25) is 9.59 Å². The van der Waals surface area contributed by atoms with Crippen LogP contribution in [0.15, 0.2) is 36.5 Å². The average Bonchev–Trinajstić information content (AvgIpc) is 3.36. The molecule has 0 aliphatic rings. The highest BCUT2D eigenvalue weighted by molar-refractivity contribution is 5.76. The second-order valence-electron chi connectivity index (χ2n) is 21.4. The Balaban J connectivity index is 3.40. The van der Waals surface area contributed by atoms with E-state index in [1.165, 1.54) is 257 Å². The fourth-order valence-electron chi connectivity index (χ4n) is 9.61. The van der Waals surface area contributed by atoms with E-state index >= 15 is 0 Å². The minimum absolute atomic E-state index is 0.000118. The van der Waals surface area contributed by atoms with Crippen molar-refractivity contribution in [2.45, 2.75) is 347 Å². The number of nitrogens with one attached hydrogen (secondary N) is 1. The third-order valence-electron chi connectivity index (χ3n) is 14.4. The monoisotopic (exact) mass is 984 g/mol. The molecule has 70 heavy (non-hydrogen) atoms. The number of carbonyl (C=O) groups is 2. The Morgan fingerprint density at radius 3 is 1.11 bits per heavy atom. The van der Waals surface area contributed by atoms with Gasteiger partial charge >= 0.3 is 5.97 Å². The quantitative estimate of drug-likeness (QED) is 0.0321. The van der Waals surface area contributed by atoms with Gasteiger partial charge in [0.2, 0.25) is 5.91 Å². The first-order valence-electron chi connectivity index (χ1n) is 31.3. The number of esters is 1.